The van der Waals surface area contributed by atoms with E-state index in [0.29, 0.717) is 12.3 Å². The summed E-state index contributed by atoms with van der Waals surface area (Å²) in [6.45, 7) is 6.80. The molecule has 0 fully saturated rings. The van der Waals surface area contributed by atoms with Gasteiger partial charge < -0.3 is 24.9 Å². The topological polar surface area (TPSA) is 83.6 Å². The molecular formula is C18H26N2O4. The van der Waals surface area contributed by atoms with Crippen LogP contribution in [0.4, 0.5) is 0 Å². The number of carbonyl (C=O) groups excluding carboxylic acids is 1. The third-order valence-electron chi connectivity index (χ3n) is 3.61. The molecule has 0 spiro atoms. The van der Waals surface area contributed by atoms with Crippen LogP contribution in [0.25, 0.3) is 10.9 Å². The summed E-state index contributed by atoms with van der Waals surface area (Å²) in [6, 6.07) is 5.60. The summed E-state index contributed by atoms with van der Waals surface area (Å²) >= 11 is 0. The first-order chi connectivity index (χ1) is 11.3. The lowest BCUT2D eigenvalue weighted by molar-refractivity contribution is -0.139. The Bertz CT molecular complexity index is 688. The normalized spacial score (nSPS) is 13.0. The van der Waals surface area contributed by atoms with Gasteiger partial charge in [0.05, 0.1) is 13.5 Å². The average molecular weight is 334 g/mol. The van der Waals surface area contributed by atoms with Crippen molar-refractivity contribution in [3.8, 4) is 5.75 Å². The van der Waals surface area contributed by atoms with Crippen LogP contribution in [0, 0.1) is 0 Å². The van der Waals surface area contributed by atoms with Gasteiger partial charge in [0.1, 0.15) is 18.5 Å². The van der Waals surface area contributed by atoms with Gasteiger partial charge in [-0.2, -0.15) is 0 Å². The smallest absolute Gasteiger partial charge is 0.310 e. The molecule has 0 unspecified atom stereocenters. The molecule has 1 aromatic carbocycles. The van der Waals surface area contributed by atoms with E-state index in [0.717, 1.165) is 16.5 Å². The summed E-state index contributed by atoms with van der Waals surface area (Å²) in [5.74, 6) is 0.369. The minimum absolute atomic E-state index is 0.0478. The average Bonchev–Trinajstić information content (AvgIpc) is 2.92. The number of nitrogens with one attached hydrogen (secondary N) is 2. The number of esters is 1. The molecule has 0 aliphatic heterocycles. The summed E-state index contributed by atoms with van der Waals surface area (Å²) < 4.78 is 10.4. The molecule has 0 aliphatic rings. The van der Waals surface area contributed by atoms with Crippen LogP contribution < -0.4 is 10.1 Å². The first-order valence-corrected chi connectivity index (χ1v) is 8.01. The maximum Gasteiger partial charge on any atom is 0.310 e. The van der Waals surface area contributed by atoms with Crippen LogP contribution in [-0.4, -0.2) is 48.0 Å². The van der Waals surface area contributed by atoms with Gasteiger partial charge in [0.15, 0.2) is 0 Å². The fourth-order valence-electron chi connectivity index (χ4n) is 2.30. The second-order valence-corrected chi connectivity index (χ2v) is 6.87. The number of benzene rings is 1. The molecule has 24 heavy (non-hydrogen) atoms. The molecule has 2 rings (SSSR count). The molecule has 6 nitrogen and oxygen atoms in total. The number of methoxy groups -OCH3 is 1. The summed E-state index contributed by atoms with van der Waals surface area (Å²) in [7, 11) is 1.37. The standard InChI is InChI=1S/C18H26N2O4/c1-18(2,3)20-10-13(21)11-24-14-5-6-16-15(8-14)12(9-19-16)7-17(22)23-4/h5-6,8-9,13,19-21H,7,10-11H2,1-4H3/t13-/m0/s1. The van der Waals surface area contributed by atoms with Gasteiger partial charge in [0.25, 0.3) is 0 Å². The Labute approximate surface area is 142 Å². The molecule has 6 heteroatoms. The van der Waals surface area contributed by atoms with E-state index in [4.69, 9.17) is 9.47 Å². The maximum absolute atomic E-state index is 11.5. The molecule has 0 amide bonds. The molecule has 2 aromatic rings. The van der Waals surface area contributed by atoms with Crippen LogP contribution >= 0.6 is 0 Å². The van der Waals surface area contributed by atoms with E-state index >= 15 is 0 Å². The number of carbonyl (C=O) groups is 1. The third-order valence-corrected chi connectivity index (χ3v) is 3.61. The Hall–Kier alpha value is -2.05. The predicted octanol–water partition coefficient (Wildman–Crippen LogP) is 2.01. The highest BCUT2D eigenvalue weighted by atomic mass is 16.5. The first-order valence-electron chi connectivity index (χ1n) is 8.01. The Morgan fingerprint density at radius 3 is 2.79 bits per heavy atom. The minimum Gasteiger partial charge on any atom is -0.491 e. The highest BCUT2D eigenvalue weighted by Crippen LogP contribution is 2.24. The lowest BCUT2D eigenvalue weighted by atomic mass is 10.1. The first kappa shape index (κ1) is 18.3. The lowest BCUT2D eigenvalue weighted by Gasteiger charge is -2.23. The number of aromatic amines is 1. The van der Waals surface area contributed by atoms with Gasteiger partial charge in [0.2, 0.25) is 0 Å². The highest BCUT2D eigenvalue weighted by molar-refractivity contribution is 5.88. The van der Waals surface area contributed by atoms with Gasteiger partial charge >= 0.3 is 5.97 Å². The Kier molecular flexibility index (Phi) is 5.85. The predicted molar refractivity (Wildman–Crippen MR) is 93.3 cm³/mol. The number of aromatic nitrogens is 1. The second-order valence-electron chi connectivity index (χ2n) is 6.87. The number of β-amino-alcohol motifs (C(OH)–C–C–N with tert-alkyl or cyclic N) is 1. The van der Waals surface area contributed by atoms with E-state index in [1.54, 1.807) is 6.20 Å². The van der Waals surface area contributed by atoms with Crippen molar-refractivity contribution in [3.05, 3.63) is 30.0 Å². The number of ether oxygens (including phenoxy) is 2. The molecule has 3 N–H and O–H groups in total. The van der Waals surface area contributed by atoms with Gasteiger partial charge in [0, 0.05) is 29.2 Å². The van der Waals surface area contributed by atoms with Crippen molar-refractivity contribution in [2.24, 2.45) is 0 Å². The van der Waals surface area contributed by atoms with Crippen molar-refractivity contribution in [2.45, 2.75) is 38.8 Å². The Morgan fingerprint density at radius 1 is 1.38 bits per heavy atom. The summed E-state index contributed by atoms with van der Waals surface area (Å²) in [5.41, 5.74) is 1.74. The van der Waals surface area contributed by atoms with E-state index in [9.17, 15) is 9.90 Å². The van der Waals surface area contributed by atoms with Crippen LogP contribution in [0.5, 0.6) is 5.75 Å². The molecular weight excluding hydrogens is 308 g/mol. The fourth-order valence-corrected chi connectivity index (χ4v) is 2.30. The molecule has 0 bridgehead atoms. The van der Waals surface area contributed by atoms with Crippen LogP contribution in [0.3, 0.4) is 0 Å². The molecule has 0 saturated carbocycles. The molecule has 132 valence electrons. The zero-order valence-electron chi connectivity index (χ0n) is 14.7. The monoisotopic (exact) mass is 334 g/mol. The van der Waals surface area contributed by atoms with E-state index in [-0.39, 0.29) is 24.5 Å². The van der Waals surface area contributed by atoms with Crippen molar-refractivity contribution < 1.29 is 19.4 Å². The molecule has 0 radical (unpaired) electrons. The van der Waals surface area contributed by atoms with Crippen molar-refractivity contribution >= 4 is 16.9 Å². The summed E-state index contributed by atoms with van der Waals surface area (Å²) in [5, 5.41) is 14.1. The van der Waals surface area contributed by atoms with E-state index in [1.807, 2.05) is 39.0 Å². The maximum atomic E-state index is 11.5. The lowest BCUT2D eigenvalue weighted by Crippen LogP contribution is -2.42. The SMILES string of the molecule is COC(=O)Cc1c[nH]c2ccc(OC[C@@H](O)CNC(C)(C)C)cc12. The van der Waals surface area contributed by atoms with Crippen LogP contribution in [0.2, 0.25) is 0 Å². The van der Waals surface area contributed by atoms with Crippen molar-refractivity contribution in [2.75, 3.05) is 20.3 Å². The van der Waals surface area contributed by atoms with E-state index in [1.165, 1.54) is 7.11 Å². The van der Waals surface area contributed by atoms with Gasteiger partial charge in [-0.25, -0.2) is 0 Å². The van der Waals surface area contributed by atoms with E-state index < -0.39 is 6.10 Å². The van der Waals surface area contributed by atoms with Gasteiger partial charge in [-0.15, -0.1) is 0 Å². The van der Waals surface area contributed by atoms with E-state index in [2.05, 4.69) is 10.3 Å². The third kappa shape index (κ3) is 5.25. The second kappa shape index (κ2) is 7.68. The quantitative estimate of drug-likeness (QED) is 0.675. The number of aliphatic hydroxyl groups is 1. The van der Waals surface area contributed by atoms with Gasteiger partial charge in [-0.3, -0.25) is 4.79 Å². The number of hydrogen-bond acceptors (Lipinski definition) is 5. The number of hydrogen-bond donors (Lipinski definition) is 3. The highest BCUT2D eigenvalue weighted by Gasteiger charge is 2.13. The number of H-pyrrole nitrogens is 1. The Morgan fingerprint density at radius 2 is 2.12 bits per heavy atom. The minimum atomic E-state index is -0.597. The number of rotatable bonds is 7. The molecule has 1 aromatic heterocycles. The number of aliphatic hydroxyl groups excluding tert-OH is 1. The zero-order chi connectivity index (χ0) is 17.7. The van der Waals surface area contributed by atoms with Crippen molar-refractivity contribution in [1.29, 1.82) is 0 Å². The molecule has 1 heterocycles. The molecule has 0 saturated heterocycles. The largest absolute Gasteiger partial charge is 0.491 e. The molecule has 1 atom stereocenters. The molecule has 0 aliphatic carbocycles. The number of fused-ring (bicyclic) bond motifs is 1. The summed E-state index contributed by atoms with van der Waals surface area (Å²) in [4.78, 5) is 14.6. The van der Waals surface area contributed by atoms with Crippen LogP contribution in [0.1, 0.15) is 26.3 Å². The van der Waals surface area contributed by atoms with Gasteiger partial charge in [-0.1, -0.05) is 0 Å². The Balaban J connectivity index is 1.99. The fraction of sp³-hybridized carbons (Fsp3) is 0.500. The van der Waals surface area contributed by atoms with Gasteiger partial charge in [-0.05, 0) is 44.5 Å². The van der Waals surface area contributed by atoms with Crippen molar-refractivity contribution in [3.63, 3.8) is 0 Å². The zero-order valence-corrected chi connectivity index (χ0v) is 14.7. The van der Waals surface area contributed by atoms with Crippen molar-refractivity contribution in [1.82, 2.24) is 10.3 Å². The summed E-state index contributed by atoms with van der Waals surface area (Å²) in [6.07, 6.45) is 1.41. The van der Waals surface area contributed by atoms with Crippen LogP contribution in [0.15, 0.2) is 24.4 Å². The van der Waals surface area contributed by atoms with Crippen LogP contribution in [-0.2, 0) is 16.0 Å².